The summed E-state index contributed by atoms with van der Waals surface area (Å²) in [5.41, 5.74) is 0.384. The van der Waals surface area contributed by atoms with Gasteiger partial charge < -0.3 is 18.9 Å². The van der Waals surface area contributed by atoms with E-state index in [-0.39, 0.29) is 18.8 Å². The lowest BCUT2D eigenvalue weighted by Gasteiger charge is -2.24. The Morgan fingerprint density at radius 1 is 1.24 bits per heavy atom. The van der Waals surface area contributed by atoms with Crippen LogP contribution in [0.25, 0.3) is 0 Å². The maximum atomic E-state index is 12.5. The second-order valence-corrected chi connectivity index (χ2v) is 9.82. The van der Waals surface area contributed by atoms with Crippen LogP contribution in [0.3, 0.4) is 0 Å². The molecule has 34 heavy (non-hydrogen) atoms. The molecular formula is C23H32F3N3O4S. The molecule has 0 spiro atoms. The van der Waals surface area contributed by atoms with E-state index < -0.39 is 17.3 Å². The monoisotopic (exact) mass is 503 g/mol. The van der Waals surface area contributed by atoms with Crippen molar-refractivity contribution >= 4 is 18.0 Å². The molecule has 0 bridgehead atoms. The summed E-state index contributed by atoms with van der Waals surface area (Å²) in [5.74, 6) is 0.872. The third-order valence-corrected chi connectivity index (χ3v) is 5.73. The van der Waals surface area contributed by atoms with Crippen LogP contribution < -0.4 is 4.72 Å². The lowest BCUT2D eigenvalue weighted by molar-refractivity contribution is -0.137. The summed E-state index contributed by atoms with van der Waals surface area (Å²) in [6, 6.07) is 4.90. The van der Waals surface area contributed by atoms with Crippen LogP contribution in [0.15, 0.2) is 33.7 Å². The zero-order chi connectivity index (χ0) is 25.5. The number of alkyl halides is 3. The van der Waals surface area contributed by atoms with E-state index in [1.807, 2.05) is 20.9 Å². The fourth-order valence-electron chi connectivity index (χ4n) is 3.08. The number of likely N-dealkylation sites (tertiary alicyclic amines) is 1. The number of ether oxygens (including phenoxy) is 2. The topological polar surface area (TPSA) is 76.8 Å². The predicted octanol–water partition coefficient (Wildman–Crippen LogP) is 5.75. The largest absolute Gasteiger partial charge is 0.444 e. The number of carbonyl (C=O) groups excluding carboxylic acids is 1. The Labute approximate surface area is 202 Å². The van der Waals surface area contributed by atoms with Crippen LogP contribution in [0.5, 0.6) is 0 Å². The molecule has 1 aromatic heterocycles. The predicted molar refractivity (Wildman–Crippen MR) is 123 cm³/mol. The number of benzene rings is 1. The van der Waals surface area contributed by atoms with Crippen molar-refractivity contribution in [2.45, 2.75) is 70.4 Å². The minimum Gasteiger partial charge on any atom is -0.444 e. The van der Waals surface area contributed by atoms with E-state index in [4.69, 9.17) is 14.0 Å². The second kappa shape index (κ2) is 11.9. The minimum atomic E-state index is -4.33. The smallest absolute Gasteiger partial charge is 0.416 e. The van der Waals surface area contributed by atoms with Crippen molar-refractivity contribution in [3.63, 3.8) is 0 Å². The first-order valence-electron chi connectivity index (χ1n) is 10.8. The molecule has 1 aliphatic rings. The molecule has 1 amide bonds. The number of nitrogens with one attached hydrogen (secondary N) is 1. The SMILES string of the molecule is CC(C)(C)OC(=O)N1CCC(OCc2ccc(C(F)(F)F)cc2)C1.CNSc1c(C)noc1C. The van der Waals surface area contributed by atoms with Crippen LogP contribution in [-0.2, 0) is 22.3 Å². The van der Waals surface area contributed by atoms with E-state index in [0.29, 0.717) is 25.1 Å². The summed E-state index contributed by atoms with van der Waals surface area (Å²) >= 11 is 1.53. The Kier molecular flexibility index (Phi) is 9.84. The van der Waals surface area contributed by atoms with Gasteiger partial charge in [-0.1, -0.05) is 17.3 Å². The van der Waals surface area contributed by atoms with E-state index in [1.165, 1.54) is 24.1 Å². The molecule has 2 aromatic rings. The molecule has 2 heterocycles. The number of hydrogen-bond acceptors (Lipinski definition) is 7. The first-order chi connectivity index (χ1) is 15.8. The van der Waals surface area contributed by atoms with E-state index >= 15 is 0 Å². The standard InChI is InChI=1S/C17H22F3NO3.C6H10N2OS/c1-16(2,3)24-15(22)21-9-8-14(10-21)23-11-12-4-6-13(7-5-12)17(18,19)20;1-4-6(10-7-3)5(2)9-8-4/h4-7,14H,8-11H2,1-3H3;7H,1-3H3. The highest BCUT2D eigenvalue weighted by atomic mass is 32.2. The third kappa shape index (κ3) is 8.84. The number of halogens is 3. The molecule has 0 radical (unpaired) electrons. The normalized spacial score (nSPS) is 16.3. The summed E-state index contributed by atoms with van der Waals surface area (Å²) < 4.78 is 56.4. The van der Waals surface area contributed by atoms with Crippen LogP contribution in [0, 0.1) is 13.8 Å². The fraction of sp³-hybridized carbons (Fsp3) is 0.565. The zero-order valence-corrected chi connectivity index (χ0v) is 21.1. The number of aryl methyl sites for hydroxylation is 2. The van der Waals surface area contributed by atoms with E-state index in [9.17, 15) is 18.0 Å². The quantitative estimate of drug-likeness (QED) is 0.521. The molecule has 1 saturated heterocycles. The van der Waals surface area contributed by atoms with Crippen molar-refractivity contribution in [3.05, 3.63) is 46.8 Å². The Bertz CT molecular complexity index is 908. The molecule has 7 nitrogen and oxygen atoms in total. The Hall–Kier alpha value is -2.24. The number of nitrogens with zero attached hydrogens (tertiary/aromatic N) is 2. The van der Waals surface area contributed by atoms with Gasteiger partial charge in [-0.15, -0.1) is 0 Å². The van der Waals surface area contributed by atoms with Crippen molar-refractivity contribution in [2.75, 3.05) is 20.1 Å². The molecular weight excluding hydrogens is 471 g/mol. The second-order valence-electron chi connectivity index (χ2n) is 8.80. The van der Waals surface area contributed by atoms with Crippen molar-refractivity contribution < 1.29 is 32.0 Å². The summed E-state index contributed by atoms with van der Waals surface area (Å²) in [6.07, 6.45) is -4.17. The lowest BCUT2D eigenvalue weighted by atomic mass is 10.1. The van der Waals surface area contributed by atoms with Gasteiger partial charge in [0.15, 0.2) is 0 Å². The number of amides is 1. The molecule has 1 aliphatic heterocycles. The highest BCUT2D eigenvalue weighted by Gasteiger charge is 2.31. The number of hydrogen-bond donors (Lipinski definition) is 1. The van der Waals surface area contributed by atoms with Crippen LogP contribution in [0.2, 0.25) is 0 Å². The van der Waals surface area contributed by atoms with E-state index in [1.54, 1.807) is 25.7 Å². The molecule has 1 N–H and O–H groups in total. The molecule has 1 fully saturated rings. The molecule has 190 valence electrons. The molecule has 3 rings (SSSR count). The van der Waals surface area contributed by atoms with Crippen molar-refractivity contribution in [2.24, 2.45) is 0 Å². The van der Waals surface area contributed by atoms with Crippen molar-refractivity contribution in [1.29, 1.82) is 0 Å². The molecule has 0 aliphatic carbocycles. The Morgan fingerprint density at radius 2 is 1.88 bits per heavy atom. The van der Waals surface area contributed by atoms with E-state index in [2.05, 4.69) is 9.88 Å². The number of rotatable bonds is 5. The average Bonchev–Trinajstić information content (AvgIpc) is 3.34. The van der Waals surface area contributed by atoms with Crippen molar-refractivity contribution in [3.8, 4) is 0 Å². The minimum absolute atomic E-state index is 0.139. The Morgan fingerprint density at radius 3 is 2.38 bits per heavy atom. The molecule has 0 saturated carbocycles. The third-order valence-electron chi connectivity index (χ3n) is 4.74. The number of aromatic nitrogens is 1. The van der Waals surface area contributed by atoms with Crippen LogP contribution in [0.1, 0.15) is 49.8 Å². The van der Waals surface area contributed by atoms with Crippen LogP contribution >= 0.6 is 11.9 Å². The molecule has 1 atom stereocenters. The average molecular weight is 504 g/mol. The van der Waals surface area contributed by atoms with Gasteiger partial charge in [-0.3, -0.25) is 4.72 Å². The van der Waals surface area contributed by atoms with E-state index in [0.717, 1.165) is 28.5 Å². The van der Waals surface area contributed by atoms with Crippen LogP contribution in [0.4, 0.5) is 18.0 Å². The van der Waals surface area contributed by atoms with Gasteiger partial charge in [0.05, 0.1) is 35.4 Å². The summed E-state index contributed by atoms with van der Waals surface area (Å²) in [5, 5.41) is 3.80. The summed E-state index contributed by atoms with van der Waals surface area (Å²) in [6.45, 7) is 10.4. The van der Waals surface area contributed by atoms with Gasteiger partial charge in [0.1, 0.15) is 11.4 Å². The first-order valence-corrected chi connectivity index (χ1v) is 11.6. The molecule has 1 aromatic carbocycles. The number of carbonyl (C=O) groups is 1. The maximum absolute atomic E-state index is 12.5. The van der Waals surface area contributed by atoms with Gasteiger partial charge in [0.25, 0.3) is 0 Å². The fourth-order valence-corrected chi connectivity index (χ4v) is 3.65. The summed E-state index contributed by atoms with van der Waals surface area (Å²) in [7, 11) is 1.87. The highest BCUT2D eigenvalue weighted by Crippen LogP contribution is 2.29. The van der Waals surface area contributed by atoms with Gasteiger partial charge >= 0.3 is 12.3 Å². The Balaban J connectivity index is 0.000000340. The summed E-state index contributed by atoms with van der Waals surface area (Å²) in [4.78, 5) is 14.6. The first kappa shape index (κ1) is 28.0. The van der Waals surface area contributed by atoms with Gasteiger partial charge in [-0.2, -0.15) is 13.2 Å². The maximum Gasteiger partial charge on any atom is 0.416 e. The van der Waals surface area contributed by atoms with Gasteiger partial charge in [-0.05, 0) is 77.7 Å². The lowest BCUT2D eigenvalue weighted by Crippen LogP contribution is -2.36. The van der Waals surface area contributed by atoms with Gasteiger partial charge in [0.2, 0.25) is 0 Å². The van der Waals surface area contributed by atoms with Crippen molar-refractivity contribution in [1.82, 2.24) is 14.8 Å². The molecule has 11 heteroatoms. The zero-order valence-electron chi connectivity index (χ0n) is 20.3. The molecule has 1 unspecified atom stereocenters. The van der Waals surface area contributed by atoms with Gasteiger partial charge in [-0.25, -0.2) is 4.79 Å². The van der Waals surface area contributed by atoms with Gasteiger partial charge in [0, 0.05) is 6.54 Å². The highest BCUT2D eigenvalue weighted by molar-refractivity contribution is 7.97. The van der Waals surface area contributed by atoms with Crippen LogP contribution in [-0.4, -0.2) is 48.0 Å².